The van der Waals surface area contributed by atoms with Crippen molar-refractivity contribution in [2.24, 2.45) is 0 Å². The summed E-state index contributed by atoms with van der Waals surface area (Å²) < 4.78 is 5.99. The number of ether oxygens (including phenoxy) is 1. The molecule has 0 radical (unpaired) electrons. The zero-order valence-electron chi connectivity index (χ0n) is 10.5. The minimum atomic E-state index is 0.346. The van der Waals surface area contributed by atoms with Crippen molar-refractivity contribution in [1.29, 1.82) is 0 Å². The highest BCUT2D eigenvalue weighted by atomic mass is 35.5. The molecule has 0 aliphatic heterocycles. The molecule has 2 aromatic carbocycles. The molecule has 0 aliphatic carbocycles. The average molecular weight is 304 g/mol. The first-order chi connectivity index (χ1) is 9.78. The highest BCUT2D eigenvalue weighted by molar-refractivity contribution is 6.30. The zero-order valence-corrected chi connectivity index (χ0v) is 12.0. The Morgan fingerprint density at radius 2 is 1.90 bits per heavy atom. The Kier molecular flexibility index (Phi) is 3.77. The van der Waals surface area contributed by atoms with Crippen LogP contribution >= 0.6 is 23.2 Å². The largest absolute Gasteiger partial charge is 0.456 e. The first kappa shape index (κ1) is 13.2. The highest BCUT2D eigenvalue weighted by Crippen LogP contribution is 2.32. The van der Waals surface area contributed by atoms with E-state index >= 15 is 0 Å². The summed E-state index contributed by atoms with van der Waals surface area (Å²) in [5, 5.41) is 1.61. The molecule has 0 N–H and O–H groups in total. The van der Waals surface area contributed by atoms with Gasteiger partial charge in [0, 0.05) is 22.2 Å². The quantitative estimate of drug-likeness (QED) is 0.603. The van der Waals surface area contributed by atoms with E-state index in [1.54, 1.807) is 12.3 Å². The van der Waals surface area contributed by atoms with Crippen molar-refractivity contribution in [2.75, 3.05) is 0 Å². The van der Waals surface area contributed by atoms with Crippen molar-refractivity contribution in [2.45, 2.75) is 5.88 Å². The molecule has 3 rings (SSSR count). The summed E-state index contributed by atoms with van der Waals surface area (Å²) in [4.78, 5) is 4.31. The van der Waals surface area contributed by atoms with Crippen molar-refractivity contribution in [3.63, 3.8) is 0 Å². The second-order valence-corrected chi connectivity index (χ2v) is 5.02. The van der Waals surface area contributed by atoms with Gasteiger partial charge in [0.25, 0.3) is 0 Å². The van der Waals surface area contributed by atoms with Gasteiger partial charge < -0.3 is 4.74 Å². The van der Waals surface area contributed by atoms with Gasteiger partial charge in [-0.15, -0.1) is 11.6 Å². The summed E-state index contributed by atoms with van der Waals surface area (Å²) in [5.74, 6) is 1.81. The van der Waals surface area contributed by atoms with E-state index in [0.29, 0.717) is 16.7 Å². The molecule has 0 spiro atoms. The molecule has 1 aromatic heterocycles. The number of nitrogens with zero attached hydrogens (tertiary/aromatic N) is 1. The van der Waals surface area contributed by atoms with Crippen LogP contribution in [0.3, 0.4) is 0 Å². The number of benzene rings is 2. The topological polar surface area (TPSA) is 22.1 Å². The Labute approximate surface area is 126 Å². The van der Waals surface area contributed by atoms with Crippen molar-refractivity contribution in [3.8, 4) is 11.5 Å². The summed E-state index contributed by atoms with van der Waals surface area (Å²) in [5.41, 5.74) is 1.76. The van der Waals surface area contributed by atoms with Crippen molar-refractivity contribution >= 4 is 34.1 Å². The Balaban J connectivity index is 2.05. The van der Waals surface area contributed by atoms with Crippen LogP contribution in [0.25, 0.3) is 10.9 Å². The van der Waals surface area contributed by atoms with Crippen LogP contribution in [0.4, 0.5) is 0 Å². The van der Waals surface area contributed by atoms with E-state index in [2.05, 4.69) is 4.98 Å². The Bertz CT molecular complexity index is 753. The number of hydrogen-bond donors (Lipinski definition) is 0. The van der Waals surface area contributed by atoms with Crippen LogP contribution in [0.15, 0.2) is 54.7 Å². The maximum absolute atomic E-state index is 5.99. The van der Waals surface area contributed by atoms with Gasteiger partial charge in [0.1, 0.15) is 11.5 Å². The summed E-state index contributed by atoms with van der Waals surface area (Å²) in [6.45, 7) is 0. The first-order valence-electron chi connectivity index (χ1n) is 6.14. The SMILES string of the molecule is ClCc1cc(Cl)ccc1Oc1cccc2ncccc12. The number of pyridine rings is 1. The molecule has 0 saturated heterocycles. The van der Waals surface area contributed by atoms with Gasteiger partial charge in [0.2, 0.25) is 0 Å². The summed E-state index contributed by atoms with van der Waals surface area (Å²) >= 11 is 11.9. The van der Waals surface area contributed by atoms with Gasteiger partial charge in [-0.2, -0.15) is 0 Å². The molecule has 0 saturated carbocycles. The molecule has 0 amide bonds. The molecule has 20 heavy (non-hydrogen) atoms. The molecule has 4 heteroatoms. The number of alkyl halides is 1. The van der Waals surface area contributed by atoms with Gasteiger partial charge in [-0.05, 0) is 42.5 Å². The smallest absolute Gasteiger partial charge is 0.136 e. The summed E-state index contributed by atoms with van der Waals surface area (Å²) in [6, 6.07) is 15.1. The van der Waals surface area contributed by atoms with Crippen LogP contribution < -0.4 is 4.74 Å². The molecule has 0 fully saturated rings. The monoisotopic (exact) mass is 303 g/mol. The number of hydrogen-bond acceptors (Lipinski definition) is 2. The molecular formula is C16H11Cl2NO. The van der Waals surface area contributed by atoms with Crippen molar-refractivity contribution < 1.29 is 4.74 Å². The molecule has 0 unspecified atom stereocenters. The molecule has 2 nitrogen and oxygen atoms in total. The lowest BCUT2D eigenvalue weighted by Crippen LogP contribution is -1.91. The summed E-state index contributed by atoms with van der Waals surface area (Å²) in [6.07, 6.45) is 1.76. The maximum Gasteiger partial charge on any atom is 0.136 e. The molecule has 1 heterocycles. The molecular weight excluding hydrogens is 293 g/mol. The second-order valence-electron chi connectivity index (χ2n) is 4.31. The zero-order chi connectivity index (χ0) is 13.9. The fraction of sp³-hybridized carbons (Fsp3) is 0.0625. The molecule has 0 atom stereocenters. The van der Waals surface area contributed by atoms with Gasteiger partial charge in [-0.1, -0.05) is 17.7 Å². The van der Waals surface area contributed by atoms with Crippen LogP contribution in [-0.4, -0.2) is 4.98 Å². The lowest BCUT2D eigenvalue weighted by atomic mass is 10.2. The Morgan fingerprint density at radius 1 is 1.00 bits per heavy atom. The fourth-order valence-corrected chi connectivity index (χ4v) is 2.44. The van der Waals surface area contributed by atoms with Crippen LogP contribution in [0.2, 0.25) is 5.02 Å². The van der Waals surface area contributed by atoms with E-state index in [0.717, 1.165) is 22.2 Å². The molecule has 100 valence electrons. The number of aromatic nitrogens is 1. The Hall–Kier alpha value is -1.77. The number of rotatable bonds is 3. The van der Waals surface area contributed by atoms with Crippen molar-refractivity contribution in [1.82, 2.24) is 4.98 Å². The van der Waals surface area contributed by atoms with Gasteiger partial charge in [0.05, 0.1) is 11.4 Å². The minimum absolute atomic E-state index is 0.346. The van der Waals surface area contributed by atoms with Crippen LogP contribution in [0, 0.1) is 0 Å². The van der Waals surface area contributed by atoms with E-state index in [-0.39, 0.29) is 0 Å². The predicted octanol–water partition coefficient (Wildman–Crippen LogP) is 5.42. The lowest BCUT2D eigenvalue weighted by Gasteiger charge is -2.11. The second kappa shape index (κ2) is 5.70. The van der Waals surface area contributed by atoms with Crippen molar-refractivity contribution in [3.05, 3.63) is 65.3 Å². The Morgan fingerprint density at radius 3 is 2.75 bits per heavy atom. The summed E-state index contributed by atoms with van der Waals surface area (Å²) in [7, 11) is 0. The minimum Gasteiger partial charge on any atom is -0.456 e. The highest BCUT2D eigenvalue weighted by Gasteiger charge is 2.08. The maximum atomic E-state index is 5.99. The molecule has 3 aromatic rings. The molecule has 0 bridgehead atoms. The van der Waals surface area contributed by atoms with E-state index in [1.807, 2.05) is 42.5 Å². The van der Waals surface area contributed by atoms with Gasteiger partial charge in [-0.3, -0.25) is 4.98 Å². The predicted molar refractivity (Wildman–Crippen MR) is 82.8 cm³/mol. The fourth-order valence-electron chi connectivity index (χ4n) is 2.03. The van der Waals surface area contributed by atoms with Gasteiger partial charge >= 0.3 is 0 Å². The number of fused-ring (bicyclic) bond motifs is 1. The first-order valence-corrected chi connectivity index (χ1v) is 7.05. The van der Waals surface area contributed by atoms with Crippen LogP contribution in [0.1, 0.15) is 5.56 Å². The molecule has 0 aliphatic rings. The van der Waals surface area contributed by atoms with E-state index in [1.165, 1.54) is 0 Å². The normalized spacial score (nSPS) is 10.7. The standard InChI is InChI=1S/C16H11Cl2NO/c17-10-11-9-12(18)6-7-15(11)20-16-5-1-4-14-13(16)3-2-8-19-14/h1-9H,10H2. The number of halogens is 2. The lowest BCUT2D eigenvalue weighted by molar-refractivity contribution is 0.484. The van der Waals surface area contributed by atoms with Gasteiger partial charge in [-0.25, -0.2) is 0 Å². The van der Waals surface area contributed by atoms with Gasteiger partial charge in [0.15, 0.2) is 0 Å². The average Bonchev–Trinajstić information content (AvgIpc) is 2.49. The van der Waals surface area contributed by atoms with Crippen LogP contribution in [-0.2, 0) is 5.88 Å². The third kappa shape index (κ3) is 2.58. The van der Waals surface area contributed by atoms with Crippen LogP contribution in [0.5, 0.6) is 11.5 Å². The third-order valence-electron chi connectivity index (χ3n) is 2.99. The third-order valence-corrected chi connectivity index (χ3v) is 3.52. The van der Waals surface area contributed by atoms with E-state index in [4.69, 9.17) is 27.9 Å². The van der Waals surface area contributed by atoms with E-state index < -0.39 is 0 Å². The van der Waals surface area contributed by atoms with E-state index in [9.17, 15) is 0 Å².